The van der Waals surface area contributed by atoms with Crippen molar-refractivity contribution in [2.45, 2.75) is 37.9 Å². The monoisotopic (exact) mass is 323 g/mol. The fraction of sp³-hybridized carbons (Fsp3) is 0.643. The van der Waals surface area contributed by atoms with Gasteiger partial charge in [-0.2, -0.15) is 0 Å². The van der Waals surface area contributed by atoms with E-state index in [0.29, 0.717) is 36.6 Å². The molecule has 0 amide bonds. The molecule has 3 N–H and O–H groups in total. The van der Waals surface area contributed by atoms with Gasteiger partial charge in [-0.15, -0.1) is 0 Å². The number of imidazole rings is 1. The fourth-order valence-electron chi connectivity index (χ4n) is 2.78. The van der Waals surface area contributed by atoms with Crippen molar-refractivity contribution < 1.29 is 19.3 Å². The molecule has 9 nitrogen and oxygen atoms in total. The van der Waals surface area contributed by atoms with Crippen LogP contribution in [0.1, 0.15) is 19.6 Å². The average Bonchev–Trinajstić information content (AvgIpc) is 3.10. The first-order valence-corrected chi connectivity index (χ1v) is 7.54. The lowest BCUT2D eigenvalue weighted by Gasteiger charge is -2.22. The summed E-state index contributed by atoms with van der Waals surface area (Å²) in [6.07, 6.45) is 1.50. The Labute approximate surface area is 133 Å². The number of rotatable bonds is 6. The molecule has 0 spiro atoms. The molecule has 3 heterocycles. The Morgan fingerprint density at radius 2 is 2.17 bits per heavy atom. The van der Waals surface area contributed by atoms with Gasteiger partial charge in [-0.3, -0.25) is 4.57 Å². The molecule has 3 rings (SSSR count). The summed E-state index contributed by atoms with van der Waals surface area (Å²) in [7, 11) is 1.60. The summed E-state index contributed by atoms with van der Waals surface area (Å²) in [6.45, 7) is 2.75. The van der Waals surface area contributed by atoms with E-state index in [1.165, 1.54) is 6.33 Å². The highest BCUT2D eigenvalue weighted by Crippen LogP contribution is 2.35. The van der Waals surface area contributed by atoms with E-state index < -0.39 is 18.4 Å². The second-order valence-corrected chi connectivity index (χ2v) is 5.38. The number of fused-ring (bicyclic) bond motifs is 1. The van der Waals surface area contributed by atoms with Crippen LogP contribution in [0.5, 0.6) is 0 Å². The summed E-state index contributed by atoms with van der Waals surface area (Å²) in [4.78, 5) is 12.4. The molecule has 23 heavy (non-hydrogen) atoms. The maximum atomic E-state index is 10.5. The van der Waals surface area contributed by atoms with Crippen LogP contribution < -0.4 is 5.73 Å². The van der Waals surface area contributed by atoms with E-state index in [4.69, 9.17) is 19.9 Å². The van der Waals surface area contributed by atoms with Gasteiger partial charge in [-0.05, 0) is 6.42 Å². The van der Waals surface area contributed by atoms with E-state index in [-0.39, 0.29) is 6.10 Å². The quantitative estimate of drug-likeness (QED) is 0.719. The zero-order valence-electron chi connectivity index (χ0n) is 13.1. The Balaban J connectivity index is 1.92. The van der Waals surface area contributed by atoms with E-state index in [1.54, 1.807) is 18.0 Å². The van der Waals surface area contributed by atoms with E-state index in [2.05, 4.69) is 15.0 Å². The molecule has 0 bridgehead atoms. The number of aromatic nitrogens is 4. The van der Waals surface area contributed by atoms with Crippen molar-refractivity contribution in [1.29, 1.82) is 0 Å². The van der Waals surface area contributed by atoms with Crippen molar-refractivity contribution in [2.24, 2.45) is 0 Å². The van der Waals surface area contributed by atoms with Crippen LogP contribution >= 0.6 is 0 Å². The zero-order valence-corrected chi connectivity index (χ0v) is 13.1. The van der Waals surface area contributed by atoms with Gasteiger partial charge in [0, 0.05) is 7.11 Å². The standard InChI is InChI=1S/C14H21N5O4/c1-3-8-10(20)11(22-5-4-21-2)14(23-8)19-7-18-9-12(15)16-6-17-13(9)19/h6-8,10-11,14,20H,3-5H2,1-2H3,(H2,15,16,17)/t8-,10-,11-,14-/m1/s1. The van der Waals surface area contributed by atoms with Crippen LogP contribution in [0.4, 0.5) is 5.82 Å². The van der Waals surface area contributed by atoms with Crippen molar-refractivity contribution in [3.05, 3.63) is 12.7 Å². The Hall–Kier alpha value is -1.81. The minimum absolute atomic E-state index is 0.302. The minimum atomic E-state index is -0.738. The normalized spacial score (nSPS) is 27.8. The van der Waals surface area contributed by atoms with Gasteiger partial charge < -0.3 is 25.1 Å². The van der Waals surface area contributed by atoms with E-state index in [1.807, 2.05) is 6.92 Å². The third kappa shape index (κ3) is 2.88. The Morgan fingerprint density at radius 3 is 2.91 bits per heavy atom. The lowest BCUT2D eigenvalue weighted by atomic mass is 10.1. The first kappa shape index (κ1) is 16.1. The molecule has 0 aliphatic carbocycles. The highest BCUT2D eigenvalue weighted by atomic mass is 16.6. The Kier molecular flexibility index (Phi) is 4.71. The highest BCUT2D eigenvalue weighted by molar-refractivity contribution is 5.81. The fourth-order valence-corrected chi connectivity index (χ4v) is 2.78. The van der Waals surface area contributed by atoms with Crippen molar-refractivity contribution in [3.8, 4) is 0 Å². The molecule has 126 valence electrons. The molecular weight excluding hydrogens is 302 g/mol. The third-order valence-corrected chi connectivity index (χ3v) is 3.97. The molecule has 1 aliphatic rings. The van der Waals surface area contributed by atoms with Gasteiger partial charge in [0.05, 0.1) is 25.6 Å². The first-order valence-electron chi connectivity index (χ1n) is 7.54. The van der Waals surface area contributed by atoms with Crippen LogP contribution in [0.25, 0.3) is 11.2 Å². The van der Waals surface area contributed by atoms with Gasteiger partial charge in [-0.25, -0.2) is 15.0 Å². The van der Waals surface area contributed by atoms with Crippen molar-refractivity contribution >= 4 is 17.0 Å². The van der Waals surface area contributed by atoms with Crippen molar-refractivity contribution in [1.82, 2.24) is 19.5 Å². The largest absolute Gasteiger partial charge is 0.388 e. The molecule has 0 aromatic carbocycles. The Morgan fingerprint density at radius 1 is 1.35 bits per heavy atom. The third-order valence-electron chi connectivity index (χ3n) is 3.97. The number of anilines is 1. The van der Waals surface area contributed by atoms with Crippen LogP contribution in [0.2, 0.25) is 0 Å². The van der Waals surface area contributed by atoms with Crippen LogP contribution in [0.15, 0.2) is 12.7 Å². The minimum Gasteiger partial charge on any atom is -0.388 e. The predicted octanol–water partition coefficient (Wildman–Crippen LogP) is 0.108. The van der Waals surface area contributed by atoms with Gasteiger partial charge in [0.25, 0.3) is 0 Å². The van der Waals surface area contributed by atoms with Crippen molar-refractivity contribution in [3.63, 3.8) is 0 Å². The maximum absolute atomic E-state index is 10.5. The SMILES string of the molecule is CC[C@H]1O[C@@H](n2cnc3c(N)ncnc32)[C@H](OCCOC)[C@@H]1O. The topological polar surface area (TPSA) is 118 Å². The summed E-state index contributed by atoms with van der Waals surface area (Å²) >= 11 is 0. The van der Waals surface area contributed by atoms with Crippen LogP contribution in [0, 0.1) is 0 Å². The zero-order chi connectivity index (χ0) is 16.4. The molecule has 1 saturated heterocycles. The van der Waals surface area contributed by atoms with Gasteiger partial charge in [-0.1, -0.05) is 6.92 Å². The molecule has 4 atom stereocenters. The molecular formula is C14H21N5O4. The number of ether oxygens (including phenoxy) is 3. The first-order chi connectivity index (χ1) is 11.2. The number of hydrogen-bond acceptors (Lipinski definition) is 8. The number of nitrogens with two attached hydrogens (primary N) is 1. The number of methoxy groups -OCH3 is 1. The van der Waals surface area contributed by atoms with Gasteiger partial charge >= 0.3 is 0 Å². The number of hydrogen-bond donors (Lipinski definition) is 2. The molecule has 2 aromatic heterocycles. The number of aliphatic hydroxyl groups is 1. The van der Waals surface area contributed by atoms with Gasteiger partial charge in [0.1, 0.15) is 24.1 Å². The molecule has 1 aliphatic heterocycles. The number of aliphatic hydroxyl groups excluding tert-OH is 1. The van der Waals surface area contributed by atoms with Crippen LogP contribution in [0.3, 0.4) is 0 Å². The lowest BCUT2D eigenvalue weighted by Crippen LogP contribution is -2.34. The molecule has 2 aromatic rings. The molecule has 1 fully saturated rings. The van der Waals surface area contributed by atoms with E-state index in [0.717, 1.165) is 0 Å². The predicted molar refractivity (Wildman–Crippen MR) is 81.6 cm³/mol. The maximum Gasteiger partial charge on any atom is 0.167 e. The number of nitrogen functional groups attached to an aromatic ring is 1. The molecule has 9 heteroatoms. The summed E-state index contributed by atoms with van der Waals surface area (Å²) < 4.78 is 18.5. The second-order valence-electron chi connectivity index (χ2n) is 5.38. The van der Waals surface area contributed by atoms with Crippen LogP contribution in [-0.2, 0) is 14.2 Å². The molecule has 0 saturated carbocycles. The van der Waals surface area contributed by atoms with Crippen LogP contribution in [-0.4, -0.2) is 63.3 Å². The molecule has 0 unspecified atom stereocenters. The van der Waals surface area contributed by atoms with Gasteiger partial charge in [0.2, 0.25) is 0 Å². The second kappa shape index (κ2) is 6.75. The lowest BCUT2D eigenvalue weighted by molar-refractivity contribution is -0.0765. The smallest absolute Gasteiger partial charge is 0.167 e. The summed E-state index contributed by atoms with van der Waals surface area (Å²) in [5.74, 6) is 0.302. The van der Waals surface area contributed by atoms with Gasteiger partial charge in [0.15, 0.2) is 17.7 Å². The van der Waals surface area contributed by atoms with E-state index in [9.17, 15) is 5.11 Å². The summed E-state index contributed by atoms with van der Waals surface area (Å²) in [5, 5.41) is 10.5. The highest BCUT2D eigenvalue weighted by Gasteiger charge is 2.45. The van der Waals surface area contributed by atoms with Crippen molar-refractivity contribution in [2.75, 3.05) is 26.1 Å². The van der Waals surface area contributed by atoms with E-state index >= 15 is 0 Å². The summed E-state index contributed by atoms with van der Waals surface area (Å²) in [6, 6.07) is 0. The number of nitrogens with zero attached hydrogens (tertiary/aromatic N) is 4. The Bertz CT molecular complexity index is 664. The molecule has 0 radical (unpaired) electrons. The summed E-state index contributed by atoms with van der Waals surface area (Å²) in [5.41, 5.74) is 6.87. The average molecular weight is 323 g/mol.